The van der Waals surface area contributed by atoms with Crippen LogP contribution in [0.25, 0.3) is 16.7 Å². The summed E-state index contributed by atoms with van der Waals surface area (Å²) in [5.41, 5.74) is 3.24. The van der Waals surface area contributed by atoms with Gasteiger partial charge in [-0.15, -0.1) is 0 Å². The van der Waals surface area contributed by atoms with E-state index in [9.17, 15) is 0 Å². The van der Waals surface area contributed by atoms with Gasteiger partial charge in [-0.05, 0) is 24.3 Å². The van der Waals surface area contributed by atoms with Crippen molar-refractivity contribution in [1.29, 1.82) is 5.26 Å². The van der Waals surface area contributed by atoms with Crippen molar-refractivity contribution >= 4 is 16.7 Å². The second kappa shape index (κ2) is 2.82. The van der Waals surface area contributed by atoms with Crippen molar-refractivity contribution < 1.29 is 0 Å². The van der Waals surface area contributed by atoms with Gasteiger partial charge in [-0.2, -0.15) is 5.26 Å². The van der Waals surface area contributed by atoms with E-state index in [4.69, 9.17) is 5.26 Å². The number of aromatic nitrogens is 2. The molecule has 0 radical (unpaired) electrons. The molecule has 3 aromatic rings. The van der Waals surface area contributed by atoms with Gasteiger partial charge in [-0.1, -0.05) is 12.1 Å². The third-order valence-electron chi connectivity index (χ3n) is 2.46. The topological polar surface area (TPSA) is 41.1 Å². The van der Waals surface area contributed by atoms with Gasteiger partial charge in [0, 0.05) is 6.20 Å². The molecule has 0 aliphatic heterocycles. The monoisotopic (exact) mass is 193 g/mol. The van der Waals surface area contributed by atoms with E-state index in [1.54, 1.807) is 6.07 Å². The number of para-hydroxylation sites is 1. The summed E-state index contributed by atoms with van der Waals surface area (Å²) < 4.78 is 1.98. The summed E-state index contributed by atoms with van der Waals surface area (Å²) in [4.78, 5) is 4.43. The van der Waals surface area contributed by atoms with Crippen LogP contribution in [0.4, 0.5) is 0 Å². The summed E-state index contributed by atoms with van der Waals surface area (Å²) in [7, 11) is 0. The Hall–Kier alpha value is -2.34. The molecule has 3 rings (SSSR count). The zero-order valence-electron chi connectivity index (χ0n) is 7.88. The van der Waals surface area contributed by atoms with Crippen LogP contribution in [-0.4, -0.2) is 9.38 Å². The molecule has 2 heterocycles. The Morgan fingerprint density at radius 1 is 1.13 bits per heavy atom. The number of benzene rings is 1. The molecule has 0 amide bonds. The van der Waals surface area contributed by atoms with Crippen molar-refractivity contribution in [2.45, 2.75) is 0 Å². The van der Waals surface area contributed by atoms with E-state index in [2.05, 4.69) is 11.1 Å². The number of nitriles is 1. The van der Waals surface area contributed by atoms with E-state index >= 15 is 0 Å². The first-order chi connectivity index (χ1) is 7.40. The summed E-state index contributed by atoms with van der Waals surface area (Å²) in [5, 5.41) is 8.96. The van der Waals surface area contributed by atoms with Gasteiger partial charge in [0.25, 0.3) is 0 Å². The highest BCUT2D eigenvalue weighted by molar-refractivity contribution is 5.85. The molecule has 0 aliphatic carbocycles. The molecule has 3 heteroatoms. The smallest absolute Gasteiger partial charge is 0.137 e. The average molecular weight is 193 g/mol. The van der Waals surface area contributed by atoms with E-state index in [0.717, 1.165) is 16.7 Å². The number of rotatable bonds is 0. The number of pyridine rings is 1. The lowest BCUT2D eigenvalue weighted by atomic mass is 10.2. The molecule has 3 nitrogen and oxygen atoms in total. The van der Waals surface area contributed by atoms with Gasteiger partial charge in [0.1, 0.15) is 17.2 Å². The molecule has 15 heavy (non-hydrogen) atoms. The van der Waals surface area contributed by atoms with Gasteiger partial charge >= 0.3 is 0 Å². The molecular weight excluding hydrogens is 186 g/mol. The molecule has 0 saturated heterocycles. The zero-order chi connectivity index (χ0) is 10.3. The number of hydrogen-bond donors (Lipinski definition) is 0. The van der Waals surface area contributed by atoms with Crippen LogP contribution in [0.1, 0.15) is 5.56 Å². The molecule has 0 saturated carbocycles. The predicted molar refractivity (Wildman–Crippen MR) is 57.4 cm³/mol. The second-order valence-corrected chi connectivity index (χ2v) is 3.33. The van der Waals surface area contributed by atoms with Crippen molar-refractivity contribution in [3.8, 4) is 6.07 Å². The fraction of sp³-hybridized carbons (Fsp3) is 0. The van der Waals surface area contributed by atoms with E-state index in [1.165, 1.54) is 0 Å². The van der Waals surface area contributed by atoms with Crippen LogP contribution in [0, 0.1) is 11.3 Å². The van der Waals surface area contributed by atoms with E-state index in [0.29, 0.717) is 5.56 Å². The first kappa shape index (κ1) is 8.01. The number of hydrogen-bond acceptors (Lipinski definition) is 2. The molecule has 2 aromatic heterocycles. The van der Waals surface area contributed by atoms with Gasteiger partial charge in [-0.25, -0.2) is 4.98 Å². The SMILES string of the molecule is N#Cc1cccc2c1nc1ccccn12. The second-order valence-electron chi connectivity index (χ2n) is 3.33. The fourth-order valence-electron chi connectivity index (χ4n) is 1.78. The first-order valence-electron chi connectivity index (χ1n) is 4.66. The summed E-state index contributed by atoms with van der Waals surface area (Å²) in [5.74, 6) is 0. The molecule has 70 valence electrons. The quantitative estimate of drug-likeness (QED) is 0.550. The maximum atomic E-state index is 8.96. The van der Waals surface area contributed by atoms with Crippen LogP contribution in [0.5, 0.6) is 0 Å². The first-order valence-corrected chi connectivity index (χ1v) is 4.66. The number of fused-ring (bicyclic) bond motifs is 3. The minimum absolute atomic E-state index is 0.621. The lowest BCUT2D eigenvalue weighted by Gasteiger charge is -1.93. The van der Waals surface area contributed by atoms with E-state index in [1.807, 2.05) is 40.9 Å². The summed E-state index contributed by atoms with van der Waals surface area (Å²) in [6.45, 7) is 0. The summed E-state index contributed by atoms with van der Waals surface area (Å²) >= 11 is 0. The molecule has 0 spiro atoms. The van der Waals surface area contributed by atoms with E-state index in [-0.39, 0.29) is 0 Å². The van der Waals surface area contributed by atoms with Crippen LogP contribution in [-0.2, 0) is 0 Å². The minimum Gasteiger partial charge on any atom is -0.300 e. The highest BCUT2D eigenvalue weighted by Crippen LogP contribution is 2.19. The number of nitrogens with zero attached hydrogens (tertiary/aromatic N) is 3. The Morgan fingerprint density at radius 3 is 2.93 bits per heavy atom. The number of imidazole rings is 1. The van der Waals surface area contributed by atoms with Gasteiger partial charge < -0.3 is 0 Å². The van der Waals surface area contributed by atoms with Crippen molar-refractivity contribution in [3.05, 3.63) is 48.2 Å². The molecule has 0 N–H and O–H groups in total. The molecule has 0 aliphatic rings. The van der Waals surface area contributed by atoms with Crippen LogP contribution < -0.4 is 0 Å². The molecule has 0 atom stereocenters. The van der Waals surface area contributed by atoms with Crippen molar-refractivity contribution in [3.63, 3.8) is 0 Å². The van der Waals surface area contributed by atoms with Crippen molar-refractivity contribution in [2.24, 2.45) is 0 Å². The molecule has 0 bridgehead atoms. The zero-order valence-corrected chi connectivity index (χ0v) is 7.88. The Labute approximate surface area is 86.2 Å². The fourth-order valence-corrected chi connectivity index (χ4v) is 1.78. The minimum atomic E-state index is 0.621. The predicted octanol–water partition coefficient (Wildman–Crippen LogP) is 2.36. The maximum Gasteiger partial charge on any atom is 0.137 e. The van der Waals surface area contributed by atoms with E-state index < -0.39 is 0 Å². The van der Waals surface area contributed by atoms with Crippen molar-refractivity contribution in [2.75, 3.05) is 0 Å². The molecular formula is C12H7N3. The molecule has 0 unspecified atom stereocenters. The average Bonchev–Trinajstić information content (AvgIpc) is 2.67. The van der Waals surface area contributed by atoms with Crippen LogP contribution in [0.15, 0.2) is 42.6 Å². The maximum absolute atomic E-state index is 8.96. The normalized spacial score (nSPS) is 10.6. The lowest BCUT2D eigenvalue weighted by Crippen LogP contribution is -1.81. The van der Waals surface area contributed by atoms with Gasteiger partial charge in [-0.3, -0.25) is 4.40 Å². The van der Waals surface area contributed by atoms with Gasteiger partial charge in [0.2, 0.25) is 0 Å². The molecule has 1 aromatic carbocycles. The largest absolute Gasteiger partial charge is 0.300 e. The Balaban J connectivity index is 2.61. The summed E-state index contributed by atoms with van der Waals surface area (Å²) in [6, 6.07) is 13.6. The Morgan fingerprint density at radius 2 is 2.07 bits per heavy atom. The molecule has 0 fully saturated rings. The standard InChI is InChI=1S/C12H7N3/c13-8-9-4-3-5-10-12(9)14-11-6-1-2-7-15(10)11/h1-7H. The Bertz CT molecular complexity index is 689. The van der Waals surface area contributed by atoms with Crippen LogP contribution in [0.3, 0.4) is 0 Å². The van der Waals surface area contributed by atoms with Crippen LogP contribution >= 0.6 is 0 Å². The van der Waals surface area contributed by atoms with Gasteiger partial charge in [0.15, 0.2) is 0 Å². The third kappa shape index (κ3) is 1.02. The highest BCUT2D eigenvalue weighted by Gasteiger charge is 2.06. The highest BCUT2D eigenvalue weighted by atomic mass is 15.0. The summed E-state index contributed by atoms with van der Waals surface area (Å²) in [6.07, 6.45) is 1.95. The lowest BCUT2D eigenvalue weighted by molar-refractivity contribution is 1.23. The van der Waals surface area contributed by atoms with Gasteiger partial charge in [0.05, 0.1) is 11.1 Å². The van der Waals surface area contributed by atoms with Crippen molar-refractivity contribution in [1.82, 2.24) is 9.38 Å². The third-order valence-corrected chi connectivity index (χ3v) is 2.46. The Kier molecular flexibility index (Phi) is 1.51. The van der Waals surface area contributed by atoms with Crippen LogP contribution in [0.2, 0.25) is 0 Å².